The minimum Gasteiger partial charge on any atom is -0.312 e. The Labute approximate surface area is 121 Å². The van der Waals surface area contributed by atoms with Crippen LogP contribution in [0, 0.1) is 23.7 Å². The minimum absolute atomic E-state index is 0.363. The van der Waals surface area contributed by atoms with Gasteiger partial charge in [-0.25, -0.2) is 0 Å². The second-order valence-electron chi connectivity index (χ2n) is 8.12. The maximum Gasteiger partial charge on any atom is 0.210 e. The second kappa shape index (κ2) is 4.21. The van der Waals surface area contributed by atoms with Crippen LogP contribution >= 0.6 is 0 Å². The third-order valence-corrected chi connectivity index (χ3v) is 6.81. The number of ether oxygens (including phenoxy) is 1. The molecule has 4 bridgehead atoms. The Kier molecular flexibility index (Phi) is 2.61. The third kappa shape index (κ3) is 1.63. The normalized spacial score (nSPS) is 52.8. The molecule has 0 aromatic rings. The first-order chi connectivity index (χ1) is 9.78. The van der Waals surface area contributed by atoms with E-state index in [9.17, 15) is 0 Å². The van der Waals surface area contributed by atoms with Crippen LogP contribution in [0.1, 0.15) is 70.6 Å². The summed E-state index contributed by atoms with van der Waals surface area (Å²) in [5, 5.41) is 0. The van der Waals surface area contributed by atoms with Gasteiger partial charge < -0.3 is 4.74 Å². The highest BCUT2D eigenvalue weighted by Gasteiger charge is 2.66. The van der Waals surface area contributed by atoms with Crippen LogP contribution in [-0.4, -0.2) is 11.6 Å². The first-order valence-electron chi connectivity index (χ1n) is 8.85. The Morgan fingerprint density at radius 3 is 1.85 bits per heavy atom. The Hall–Kier alpha value is -0.120. The van der Waals surface area contributed by atoms with E-state index < -0.39 is 5.79 Å². The lowest BCUT2D eigenvalue weighted by atomic mass is 9.53. The van der Waals surface area contributed by atoms with Crippen molar-refractivity contribution in [1.29, 1.82) is 0 Å². The fourth-order valence-corrected chi connectivity index (χ4v) is 6.06. The van der Waals surface area contributed by atoms with Gasteiger partial charge in [-0.2, -0.15) is 9.78 Å². The molecule has 5 saturated carbocycles. The fourth-order valence-electron chi connectivity index (χ4n) is 6.06. The molecule has 6 rings (SSSR count). The zero-order valence-electron chi connectivity index (χ0n) is 12.3. The van der Waals surface area contributed by atoms with E-state index in [1.165, 1.54) is 57.8 Å². The van der Waals surface area contributed by atoms with E-state index in [0.717, 1.165) is 24.7 Å². The van der Waals surface area contributed by atoms with Crippen LogP contribution in [-0.2, 0) is 14.5 Å². The van der Waals surface area contributed by atoms with Gasteiger partial charge in [-0.15, -0.1) is 0 Å². The highest BCUT2D eigenvalue weighted by Crippen LogP contribution is 2.63. The molecule has 0 aromatic heterocycles. The Balaban J connectivity index is 1.44. The van der Waals surface area contributed by atoms with Gasteiger partial charge in [0, 0.05) is 24.7 Å². The molecule has 1 heterocycles. The summed E-state index contributed by atoms with van der Waals surface area (Å²) in [5.74, 6) is 2.33. The van der Waals surface area contributed by atoms with E-state index in [2.05, 4.69) is 0 Å². The SMILES string of the molecule is C1CCCC2(CC1)OOC1(O2)C2CC3CC(C2)CC1C3. The molecule has 0 atom stereocenters. The number of hydrogen-bond donors (Lipinski definition) is 0. The molecule has 20 heavy (non-hydrogen) atoms. The largest absolute Gasteiger partial charge is 0.312 e. The molecule has 6 aliphatic rings. The topological polar surface area (TPSA) is 27.7 Å². The van der Waals surface area contributed by atoms with E-state index in [0.29, 0.717) is 11.8 Å². The van der Waals surface area contributed by atoms with Gasteiger partial charge >= 0.3 is 0 Å². The van der Waals surface area contributed by atoms with Gasteiger partial charge in [0.15, 0.2) is 0 Å². The lowest BCUT2D eigenvalue weighted by Gasteiger charge is -2.57. The quantitative estimate of drug-likeness (QED) is 0.622. The molecule has 0 radical (unpaired) electrons. The van der Waals surface area contributed by atoms with Crippen LogP contribution in [0.25, 0.3) is 0 Å². The van der Waals surface area contributed by atoms with E-state index in [1.54, 1.807) is 0 Å². The molecular weight excluding hydrogens is 252 g/mol. The van der Waals surface area contributed by atoms with Crippen LogP contribution in [0.3, 0.4) is 0 Å². The Morgan fingerprint density at radius 1 is 0.650 bits per heavy atom. The number of rotatable bonds is 0. The number of hydrogen-bond acceptors (Lipinski definition) is 3. The summed E-state index contributed by atoms with van der Waals surface area (Å²) in [6, 6.07) is 0. The lowest BCUT2D eigenvalue weighted by molar-refractivity contribution is -0.389. The van der Waals surface area contributed by atoms with Crippen molar-refractivity contribution in [2.24, 2.45) is 23.7 Å². The van der Waals surface area contributed by atoms with E-state index in [-0.39, 0.29) is 5.79 Å². The van der Waals surface area contributed by atoms with Crippen LogP contribution in [0.5, 0.6) is 0 Å². The van der Waals surface area contributed by atoms with Crippen molar-refractivity contribution in [3.63, 3.8) is 0 Å². The van der Waals surface area contributed by atoms with Gasteiger partial charge in [0.2, 0.25) is 11.6 Å². The smallest absolute Gasteiger partial charge is 0.210 e. The molecular formula is C17H26O3. The highest BCUT2D eigenvalue weighted by molar-refractivity contribution is 5.05. The van der Waals surface area contributed by atoms with Gasteiger partial charge in [0.1, 0.15) is 0 Å². The first kappa shape index (κ1) is 12.4. The molecule has 0 aromatic carbocycles. The molecule has 2 spiro atoms. The molecule has 5 aliphatic carbocycles. The molecule has 112 valence electrons. The maximum atomic E-state index is 6.69. The maximum absolute atomic E-state index is 6.69. The first-order valence-corrected chi connectivity index (χ1v) is 8.85. The molecule has 0 unspecified atom stereocenters. The molecule has 3 nitrogen and oxygen atoms in total. The van der Waals surface area contributed by atoms with E-state index >= 15 is 0 Å². The minimum atomic E-state index is -0.397. The second-order valence-corrected chi connectivity index (χ2v) is 8.12. The van der Waals surface area contributed by atoms with Gasteiger partial charge in [0.05, 0.1) is 0 Å². The summed E-state index contributed by atoms with van der Waals surface area (Å²) in [4.78, 5) is 12.0. The molecule has 3 heteroatoms. The molecule has 6 fully saturated rings. The average molecular weight is 278 g/mol. The van der Waals surface area contributed by atoms with Gasteiger partial charge in [-0.1, -0.05) is 12.8 Å². The van der Waals surface area contributed by atoms with Crippen molar-refractivity contribution in [3.05, 3.63) is 0 Å². The summed E-state index contributed by atoms with van der Waals surface area (Å²) >= 11 is 0. The zero-order valence-corrected chi connectivity index (χ0v) is 12.3. The van der Waals surface area contributed by atoms with Crippen LogP contribution in [0.4, 0.5) is 0 Å². The average Bonchev–Trinajstić information content (AvgIpc) is 2.64. The summed E-state index contributed by atoms with van der Waals surface area (Å²) in [7, 11) is 0. The van der Waals surface area contributed by atoms with Gasteiger partial charge in [-0.3, -0.25) is 0 Å². The standard InChI is InChI=1S/C17H26O3/c1-2-4-6-16(5-3-1)18-17(20-19-16)14-8-12-7-13(10-14)11-15(17)9-12/h12-15H,1-11H2. The van der Waals surface area contributed by atoms with Crippen LogP contribution < -0.4 is 0 Å². The fraction of sp³-hybridized carbons (Fsp3) is 1.00. The Bertz CT molecular complexity index is 369. The van der Waals surface area contributed by atoms with Crippen molar-refractivity contribution < 1.29 is 14.5 Å². The van der Waals surface area contributed by atoms with E-state index in [4.69, 9.17) is 14.5 Å². The van der Waals surface area contributed by atoms with Crippen molar-refractivity contribution in [2.45, 2.75) is 82.2 Å². The zero-order chi connectivity index (χ0) is 13.2. The van der Waals surface area contributed by atoms with Crippen molar-refractivity contribution in [1.82, 2.24) is 0 Å². The third-order valence-electron chi connectivity index (χ3n) is 6.81. The molecule has 0 amide bonds. The highest BCUT2D eigenvalue weighted by atomic mass is 17.3. The predicted molar refractivity (Wildman–Crippen MR) is 73.5 cm³/mol. The van der Waals surface area contributed by atoms with Crippen molar-refractivity contribution >= 4 is 0 Å². The summed E-state index contributed by atoms with van der Waals surface area (Å²) in [6.45, 7) is 0. The summed E-state index contributed by atoms with van der Waals surface area (Å²) < 4.78 is 6.69. The van der Waals surface area contributed by atoms with Crippen molar-refractivity contribution in [3.8, 4) is 0 Å². The van der Waals surface area contributed by atoms with Gasteiger partial charge in [0.25, 0.3) is 0 Å². The summed E-state index contributed by atoms with van der Waals surface area (Å²) in [5.41, 5.74) is 0. The van der Waals surface area contributed by atoms with E-state index in [1.807, 2.05) is 0 Å². The van der Waals surface area contributed by atoms with Crippen LogP contribution in [0.15, 0.2) is 0 Å². The Morgan fingerprint density at radius 2 is 1.25 bits per heavy atom. The summed E-state index contributed by atoms with van der Waals surface area (Å²) in [6.07, 6.45) is 13.9. The molecule has 1 saturated heterocycles. The monoisotopic (exact) mass is 278 g/mol. The molecule has 1 aliphatic heterocycles. The molecule has 0 N–H and O–H groups in total. The van der Waals surface area contributed by atoms with Crippen LogP contribution in [0.2, 0.25) is 0 Å². The van der Waals surface area contributed by atoms with Crippen molar-refractivity contribution in [2.75, 3.05) is 0 Å². The lowest BCUT2D eigenvalue weighted by Crippen LogP contribution is -2.59. The predicted octanol–water partition coefficient (Wildman–Crippen LogP) is 4.17. The van der Waals surface area contributed by atoms with Gasteiger partial charge in [-0.05, 0) is 56.8 Å².